The molecule has 1 aliphatic heterocycles. The molecule has 0 unspecified atom stereocenters. The molecular weight excluding hydrogens is 343 g/mol. The maximum atomic E-state index is 12.8. The first-order chi connectivity index (χ1) is 12.4. The lowest BCUT2D eigenvalue weighted by Crippen LogP contribution is -2.87. The number of quaternary nitrogens is 1. The van der Waals surface area contributed by atoms with Gasteiger partial charge in [0.1, 0.15) is 6.04 Å². The zero-order chi connectivity index (χ0) is 18.7. The van der Waals surface area contributed by atoms with Crippen molar-refractivity contribution in [1.82, 2.24) is 0 Å². The van der Waals surface area contributed by atoms with Gasteiger partial charge in [-0.15, -0.1) is 0 Å². The molecule has 0 radical (unpaired) electrons. The van der Waals surface area contributed by atoms with Crippen LogP contribution in [0.1, 0.15) is 42.1 Å². The summed E-state index contributed by atoms with van der Waals surface area (Å²) >= 11 is 0. The van der Waals surface area contributed by atoms with E-state index in [1.54, 1.807) is 12.1 Å². The molecule has 1 aliphatic rings. The number of ether oxygens (including phenoxy) is 2. The van der Waals surface area contributed by atoms with Gasteiger partial charge in [-0.1, -0.05) is 12.1 Å². The number of nitrogens with two attached hydrogens (primary N) is 1. The second-order valence-electron chi connectivity index (χ2n) is 6.24. The third-order valence-electron chi connectivity index (χ3n) is 4.55. The van der Waals surface area contributed by atoms with Crippen LogP contribution in [0, 0.1) is 0 Å². The zero-order valence-electron chi connectivity index (χ0n) is 14.9. The van der Waals surface area contributed by atoms with Crippen molar-refractivity contribution in [3.05, 3.63) is 58.7 Å². The Morgan fingerprint density at radius 3 is 2.19 bits per heavy atom. The zero-order valence-corrected chi connectivity index (χ0v) is 14.9. The van der Waals surface area contributed by atoms with Crippen LogP contribution >= 0.6 is 0 Å². The third-order valence-corrected chi connectivity index (χ3v) is 4.55. The Hall–Kier alpha value is -2.21. The monoisotopic (exact) mass is 366 g/mol. The summed E-state index contributed by atoms with van der Waals surface area (Å²) < 4.78 is 49.9. The molecule has 1 atom stereocenters. The summed E-state index contributed by atoms with van der Waals surface area (Å²) in [6.07, 6.45) is -3.43. The highest BCUT2D eigenvalue weighted by atomic mass is 19.4. The summed E-state index contributed by atoms with van der Waals surface area (Å²) in [4.78, 5) is 0. The van der Waals surface area contributed by atoms with Crippen molar-refractivity contribution in [3.8, 4) is 11.5 Å². The second-order valence-corrected chi connectivity index (χ2v) is 6.24. The summed E-state index contributed by atoms with van der Waals surface area (Å²) in [5, 5.41) is 2.15. The molecule has 3 nitrogen and oxygen atoms in total. The van der Waals surface area contributed by atoms with E-state index in [1.807, 2.05) is 26.0 Å². The van der Waals surface area contributed by atoms with Gasteiger partial charge in [0.25, 0.3) is 0 Å². The van der Waals surface area contributed by atoms with E-state index in [4.69, 9.17) is 9.47 Å². The molecule has 2 aromatic rings. The Bertz CT molecular complexity index is 757. The molecule has 0 aromatic heterocycles. The highest BCUT2D eigenvalue weighted by Gasteiger charge is 2.32. The minimum Gasteiger partial charge on any atom is -0.490 e. The SMILES string of the molecule is CCOc1cc2c(cc1OCC)[C@H](c1ccc(C(F)(F)F)cc1)[NH2+]CC2. The van der Waals surface area contributed by atoms with Crippen LogP contribution in [0.5, 0.6) is 11.5 Å². The van der Waals surface area contributed by atoms with E-state index in [0.29, 0.717) is 19.0 Å². The van der Waals surface area contributed by atoms with E-state index in [9.17, 15) is 13.2 Å². The fourth-order valence-electron chi connectivity index (χ4n) is 3.39. The molecular formula is C20H23F3NO2+. The predicted molar refractivity (Wildman–Crippen MR) is 92.6 cm³/mol. The van der Waals surface area contributed by atoms with Crippen LogP contribution in [0.15, 0.2) is 36.4 Å². The molecule has 140 valence electrons. The fraction of sp³-hybridized carbons (Fsp3) is 0.400. The second kappa shape index (κ2) is 7.58. The molecule has 26 heavy (non-hydrogen) atoms. The average Bonchev–Trinajstić information content (AvgIpc) is 2.61. The third kappa shape index (κ3) is 3.80. The van der Waals surface area contributed by atoms with Crippen molar-refractivity contribution < 1.29 is 28.0 Å². The van der Waals surface area contributed by atoms with Crippen molar-refractivity contribution in [2.24, 2.45) is 0 Å². The van der Waals surface area contributed by atoms with Crippen molar-refractivity contribution in [3.63, 3.8) is 0 Å². The molecule has 2 N–H and O–H groups in total. The molecule has 0 amide bonds. The Kier molecular flexibility index (Phi) is 5.41. The standard InChI is InChI=1S/C20H22F3NO2/c1-3-25-17-11-14-9-10-24-19(16(14)12-18(17)26-4-2)13-5-7-15(8-6-13)20(21,22)23/h5-8,11-12,19,24H,3-4,9-10H2,1-2H3/p+1/t19-/m0/s1. The minimum absolute atomic E-state index is 0.0454. The highest BCUT2D eigenvalue weighted by Crippen LogP contribution is 2.37. The van der Waals surface area contributed by atoms with E-state index in [-0.39, 0.29) is 6.04 Å². The maximum Gasteiger partial charge on any atom is 0.416 e. The van der Waals surface area contributed by atoms with E-state index in [1.165, 1.54) is 0 Å². The lowest BCUT2D eigenvalue weighted by Gasteiger charge is -2.26. The minimum atomic E-state index is -4.32. The summed E-state index contributed by atoms with van der Waals surface area (Å²) in [5.74, 6) is 1.40. The number of halogens is 3. The predicted octanol–water partition coefficient (Wildman–Crippen LogP) is 3.71. The number of fused-ring (bicyclic) bond motifs is 1. The first-order valence-corrected chi connectivity index (χ1v) is 8.87. The number of hydrogen-bond acceptors (Lipinski definition) is 2. The first kappa shape index (κ1) is 18.6. The normalized spacial score (nSPS) is 16.9. The number of alkyl halides is 3. The molecule has 0 fully saturated rings. The van der Waals surface area contributed by atoms with Crippen molar-refractivity contribution in [2.75, 3.05) is 19.8 Å². The van der Waals surface area contributed by atoms with Gasteiger partial charge in [-0.2, -0.15) is 13.2 Å². The van der Waals surface area contributed by atoms with Gasteiger partial charge >= 0.3 is 6.18 Å². The van der Waals surface area contributed by atoms with Crippen LogP contribution in [-0.2, 0) is 12.6 Å². The summed E-state index contributed by atoms with van der Waals surface area (Å²) in [6.45, 7) is 5.78. The summed E-state index contributed by atoms with van der Waals surface area (Å²) in [6, 6.07) is 9.36. The van der Waals surface area contributed by atoms with E-state index in [0.717, 1.165) is 47.5 Å². The van der Waals surface area contributed by atoms with Gasteiger partial charge in [-0.05, 0) is 43.7 Å². The number of hydrogen-bond donors (Lipinski definition) is 1. The topological polar surface area (TPSA) is 35.1 Å². The molecule has 0 saturated heterocycles. The van der Waals surface area contributed by atoms with Gasteiger partial charge in [0.2, 0.25) is 0 Å². The summed E-state index contributed by atoms with van der Waals surface area (Å²) in [5.41, 5.74) is 2.46. The molecule has 3 rings (SSSR count). The molecule has 0 aliphatic carbocycles. The molecule has 1 heterocycles. The Morgan fingerprint density at radius 2 is 1.62 bits per heavy atom. The van der Waals surface area contributed by atoms with Crippen LogP contribution in [0.4, 0.5) is 13.2 Å². The van der Waals surface area contributed by atoms with Crippen LogP contribution in [0.25, 0.3) is 0 Å². The molecule has 6 heteroatoms. The average molecular weight is 366 g/mol. The van der Waals surface area contributed by atoms with Gasteiger partial charge in [-0.25, -0.2) is 0 Å². The Balaban J connectivity index is 1.98. The van der Waals surface area contributed by atoms with Crippen LogP contribution < -0.4 is 14.8 Å². The maximum absolute atomic E-state index is 12.8. The lowest BCUT2D eigenvalue weighted by atomic mass is 9.89. The molecule has 0 saturated carbocycles. The number of benzene rings is 2. The van der Waals surface area contributed by atoms with Gasteiger partial charge in [-0.3, -0.25) is 0 Å². The quantitative estimate of drug-likeness (QED) is 0.876. The highest BCUT2D eigenvalue weighted by molar-refractivity contribution is 5.50. The van der Waals surface area contributed by atoms with Gasteiger partial charge in [0.15, 0.2) is 11.5 Å². The van der Waals surface area contributed by atoms with Crippen LogP contribution in [0.2, 0.25) is 0 Å². The van der Waals surface area contributed by atoms with Crippen LogP contribution in [-0.4, -0.2) is 19.8 Å². The summed E-state index contributed by atoms with van der Waals surface area (Å²) in [7, 11) is 0. The van der Waals surface area contributed by atoms with Gasteiger partial charge in [0.05, 0.1) is 25.3 Å². The number of rotatable bonds is 5. The molecule has 2 aromatic carbocycles. The largest absolute Gasteiger partial charge is 0.490 e. The lowest BCUT2D eigenvalue weighted by molar-refractivity contribution is -0.690. The van der Waals surface area contributed by atoms with E-state index >= 15 is 0 Å². The fourth-order valence-corrected chi connectivity index (χ4v) is 3.39. The smallest absolute Gasteiger partial charge is 0.416 e. The first-order valence-electron chi connectivity index (χ1n) is 8.87. The Morgan fingerprint density at radius 1 is 1.00 bits per heavy atom. The molecule has 0 bridgehead atoms. The Labute approximate surface area is 151 Å². The van der Waals surface area contributed by atoms with E-state index in [2.05, 4.69) is 5.32 Å². The van der Waals surface area contributed by atoms with Crippen molar-refractivity contribution in [2.45, 2.75) is 32.5 Å². The van der Waals surface area contributed by atoms with Gasteiger partial charge in [0, 0.05) is 17.5 Å². The van der Waals surface area contributed by atoms with Crippen molar-refractivity contribution >= 4 is 0 Å². The molecule has 0 spiro atoms. The van der Waals surface area contributed by atoms with E-state index < -0.39 is 11.7 Å². The van der Waals surface area contributed by atoms with Crippen molar-refractivity contribution in [1.29, 1.82) is 0 Å². The van der Waals surface area contributed by atoms with Gasteiger partial charge < -0.3 is 14.8 Å². The van der Waals surface area contributed by atoms with Crippen LogP contribution in [0.3, 0.4) is 0 Å².